The molecule has 182 valence electrons. The standard InChI is InChI=1S/C37H24N2/c1-2-7-27-24-30(17-12-25(27)6-1)39(29-20-22-38-23-21-29)28-15-13-26(14-16-28)31-18-19-36-33-9-4-3-8-32(33)35-11-5-10-34(31)37(35)36/h1-24H. The molecule has 0 bridgehead atoms. The third kappa shape index (κ3) is 3.46. The van der Waals surface area contributed by atoms with Gasteiger partial charge in [0, 0.05) is 29.5 Å². The summed E-state index contributed by atoms with van der Waals surface area (Å²) in [6, 6.07) is 48.2. The predicted octanol–water partition coefficient (Wildman–Crippen LogP) is 10.2. The average molecular weight is 497 g/mol. The minimum Gasteiger partial charge on any atom is -0.310 e. The minimum absolute atomic E-state index is 1.08. The topological polar surface area (TPSA) is 16.1 Å². The Labute approximate surface area is 227 Å². The SMILES string of the molecule is c1ccc2c(c1)-c1cccc3c(-c4ccc(N(c5ccncc5)c5ccc6ccccc6c5)cc4)ccc-2c13. The zero-order valence-electron chi connectivity index (χ0n) is 21.3. The third-order valence-electron chi connectivity index (χ3n) is 7.90. The number of hydrogen-bond donors (Lipinski definition) is 0. The summed E-state index contributed by atoms with van der Waals surface area (Å²) in [5.74, 6) is 0. The highest BCUT2D eigenvalue weighted by Crippen LogP contribution is 2.49. The predicted molar refractivity (Wildman–Crippen MR) is 164 cm³/mol. The van der Waals surface area contributed by atoms with Crippen LogP contribution in [0.4, 0.5) is 17.1 Å². The van der Waals surface area contributed by atoms with Crippen molar-refractivity contribution in [2.24, 2.45) is 0 Å². The van der Waals surface area contributed by atoms with E-state index in [1.54, 1.807) is 0 Å². The molecule has 7 aromatic rings. The van der Waals surface area contributed by atoms with E-state index in [-0.39, 0.29) is 0 Å². The summed E-state index contributed by atoms with van der Waals surface area (Å²) < 4.78 is 0. The lowest BCUT2D eigenvalue weighted by molar-refractivity contribution is 1.25. The molecule has 0 saturated carbocycles. The van der Waals surface area contributed by atoms with Gasteiger partial charge in [-0.25, -0.2) is 0 Å². The lowest BCUT2D eigenvalue weighted by atomic mass is 9.94. The van der Waals surface area contributed by atoms with Crippen LogP contribution in [-0.4, -0.2) is 4.98 Å². The van der Waals surface area contributed by atoms with E-state index in [1.165, 1.54) is 54.9 Å². The van der Waals surface area contributed by atoms with Gasteiger partial charge in [0.2, 0.25) is 0 Å². The van der Waals surface area contributed by atoms with Gasteiger partial charge >= 0.3 is 0 Å². The molecule has 0 radical (unpaired) electrons. The van der Waals surface area contributed by atoms with Gasteiger partial charge in [0.25, 0.3) is 0 Å². The Morgan fingerprint density at radius 2 is 1.03 bits per heavy atom. The van der Waals surface area contributed by atoms with E-state index in [0.29, 0.717) is 0 Å². The van der Waals surface area contributed by atoms with Gasteiger partial charge in [-0.15, -0.1) is 0 Å². The molecule has 0 saturated heterocycles. The number of nitrogens with zero attached hydrogens (tertiary/aromatic N) is 2. The van der Waals surface area contributed by atoms with Crippen molar-refractivity contribution in [2.45, 2.75) is 0 Å². The summed E-state index contributed by atoms with van der Waals surface area (Å²) in [6.07, 6.45) is 3.70. The fourth-order valence-electron chi connectivity index (χ4n) is 6.11. The molecule has 1 aromatic heterocycles. The molecule has 0 unspecified atom stereocenters. The highest BCUT2D eigenvalue weighted by Gasteiger charge is 2.22. The molecule has 0 aliphatic heterocycles. The Balaban J connectivity index is 1.24. The van der Waals surface area contributed by atoms with Crippen LogP contribution in [0.3, 0.4) is 0 Å². The maximum atomic E-state index is 4.26. The van der Waals surface area contributed by atoms with E-state index in [2.05, 4.69) is 143 Å². The Morgan fingerprint density at radius 1 is 0.410 bits per heavy atom. The first kappa shape index (κ1) is 21.8. The van der Waals surface area contributed by atoms with Gasteiger partial charge < -0.3 is 4.90 Å². The number of pyridine rings is 1. The van der Waals surface area contributed by atoms with Crippen LogP contribution in [0.15, 0.2) is 146 Å². The molecule has 8 rings (SSSR count). The van der Waals surface area contributed by atoms with Crippen molar-refractivity contribution < 1.29 is 0 Å². The van der Waals surface area contributed by atoms with Gasteiger partial charge in [0.15, 0.2) is 0 Å². The van der Waals surface area contributed by atoms with E-state index in [4.69, 9.17) is 0 Å². The quantitative estimate of drug-likeness (QED) is 0.241. The first-order valence-electron chi connectivity index (χ1n) is 13.3. The maximum absolute atomic E-state index is 4.26. The lowest BCUT2D eigenvalue weighted by Crippen LogP contribution is -2.09. The highest BCUT2D eigenvalue weighted by atomic mass is 15.1. The number of aromatic nitrogens is 1. The third-order valence-corrected chi connectivity index (χ3v) is 7.90. The second kappa shape index (κ2) is 8.68. The van der Waals surface area contributed by atoms with E-state index in [1.807, 2.05) is 12.4 Å². The van der Waals surface area contributed by atoms with Crippen LogP contribution in [0.2, 0.25) is 0 Å². The van der Waals surface area contributed by atoms with Gasteiger partial charge in [-0.05, 0) is 91.3 Å². The van der Waals surface area contributed by atoms with Crippen molar-refractivity contribution in [3.63, 3.8) is 0 Å². The van der Waals surface area contributed by atoms with Crippen molar-refractivity contribution in [1.29, 1.82) is 0 Å². The molecular weight excluding hydrogens is 472 g/mol. The average Bonchev–Trinajstić information content (AvgIpc) is 3.34. The Kier molecular flexibility index (Phi) is 4.86. The van der Waals surface area contributed by atoms with Crippen LogP contribution < -0.4 is 4.90 Å². The molecule has 0 amide bonds. The van der Waals surface area contributed by atoms with Crippen LogP contribution in [-0.2, 0) is 0 Å². The van der Waals surface area contributed by atoms with Crippen molar-refractivity contribution in [2.75, 3.05) is 4.90 Å². The van der Waals surface area contributed by atoms with E-state index < -0.39 is 0 Å². The normalized spacial score (nSPS) is 11.6. The number of benzene rings is 6. The Morgan fingerprint density at radius 3 is 1.82 bits per heavy atom. The molecule has 0 atom stereocenters. The molecular formula is C37H24N2. The molecule has 2 nitrogen and oxygen atoms in total. The largest absolute Gasteiger partial charge is 0.310 e. The molecule has 1 heterocycles. The monoisotopic (exact) mass is 496 g/mol. The molecule has 1 aliphatic carbocycles. The van der Waals surface area contributed by atoms with Crippen molar-refractivity contribution >= 4 is 38.6 Å². The van der Waals surface area contributed by atoms with Gasteiger partial charge in [0.05, 0.1) is 0 Å². The fourth-order valence-corrected chi connectivity index (χ4v) is 6.11. The van der Waals surface area contributed by atoms with Gasteiger partial charge in [-0.3, -0.25) is 4.98 Å². The number of hydrogen-bond acceptors (Lipinski definition) is 2. The highest BCUT2D eigenvalue weighted by molar-refractivity contribution is 6.18. The van der Waals surface area contributed by atoms with Crippen molar-refractivity contribution in [3.8, 4) is 33.4 Å². The van der Waals surface area contributed by atoms with Crippen LogP contribution >= 0.6 is 0 Å². The van der Waals surface area contributed by atoms with E-state index in [0.717, 1.165) is 17.1 Å². The van der Waals surface area contributed by atoms with Crippen molar-refractivity contribution in [3.05, 3.63) is 146 Å². The summed E-state index contributed by atoms with van der Waals surface area (Å²) in [5.41, 5.74) is 11.1. The van der Waals surface area contributed by atoms with Gasteiger partial charge in [-0.1, -0.05) is 97.1 Å². The first-order chi connectivity index (χ1) is 19.3. The smallest absolute Gasteiger partial charge is 0.0492 e. The van der Waals surface area contributed by atoms with Crippen LogP contribution in [0.25, 0.3) is 54.9 Å². The molecule has 6 aromatic carbocycles. The second-order valence-corrected chi connectivity index (χ2v) is 10.1. The molecule has 39 heavy (non-hydrogen) atoms. The summed E-state index contributed by atoms with van der Waals surface area (Å²) in [6.45, 7) is 0. The zero-order valence-corrected chi connectivity index (χ0v) is 21.3. The zero-order chi connectivity index (χ0) is 25.8. The van der Waals surface area contributed by atoms with Crippen molar-refractivity contribution in [1.82, 2.24) is 4.98 Å². The first-order valence-corrected chi connectivity index (χ1v) is 13.3. The molecule has 0 N–H and O–H groups in total. The number of fused-ring (bicyclic) bond motifs is 4. The molecule has 0 fully saturated rings. The van der Waals surface area contributed by atoms with Crippen LogP contribution in [0, 0.1) is 0 Å². The minimum atomic E-state index is 1.08. The van der Waals surface area contributed by atoms with Gasteiger partial charge in [-0.2, -0.15) is 0 Å². The second-order valence-electron chi connectivity index (χ2n) is 10.1. The Hall–Kier alpha value is -5.21. The molecule has 0 spiro atoms. The maximum Gasteiger partial charge on any atom is 0.0492 e. The van der Waals surface area contributed by atoms with E-state index in [9.17, 15) is 0 Å². The summed E-state index contributed by atoms with van der Waals surface area (Å²) in [5, 5.41) is 5.12. The Bertz CT molecular complexity index is 1980. The summed E-state index contributed by atoms with van der Waals surface area (Å²) >= 11 is 0. The summed E-state index contributed by atoms with van der Waals surface area (Å²) in [7, 11) is 0. The fraction of sp³-hybridized carbons (Fsp3) is 0. The van der Waals surface area contributed by atoms with E-state index >= 15 is 0 Å². The molecule has 2 heteroatoms. The number of rotatable bonds is 4. The van der Waals surface area contributed by atoms with Crippen LogP contribution in [0.5, 0.6) is 0 Å². The molecule has 1 aliphatic rings. The van der Waals surface area contributed by atoms with Crippen LogP contribution in [0.1, 0.15) is 0 Å². The summed E-state index contributed by atoms with van der Waals surface area (Å²) in [4.78, 5) is 6.55. The number of anilines is 3. The lowest BCUT2D eigenvalue weighted by Gasteiger charge is -2.26. The van der Waals surface area contributed by atoms with Gasteiger partial charge in [0.1, 0.15) is 0 Å².